The SMILES string of the molecule is CC(C)CC(CNC(=O)N1CCCC(O)(C(N)=O)C1)C(=O)O. The summed E-state index contributed by atoms with van der Waals surface area (Å²) in [6.07, 6.45) is 1.14. The zero-order chi connectivity index (χ0) is 16.9. The molecule has 126 valence electrons. The quantitative estimate of drug-likeness (QED) is 0.536. The van der Waals surface area contributed by atoms with Crippen LogP contribution in [0.3, 0.4) is 0 Å². The Hall–Kier alpha value is -1.83. The molecule has 8 nitrogen and oxygen atoms in total. The number of hydrogen-bond acceptors (Lipinski definition) is 4. The Morgan fingerprint density at radius 1 is 1.36 bits per heavy atom. The molecule has 1 aliphatic rings. The summed E-state index contributed by atoms with van der Waals surface area (Å²) in [7, 11) is 0. The molecule has 8 heteroatoms. The van der Waals surface area contributed by atoms with E-state index in [9.17, 15) is 19.5 Å². The highest BCUT2D eigenvalue weighted by molar-refractivity contribution is 5.85. The normalized spacial score (nSPS) is 23.2. The average molecular weight is 315 g/mol. The molecule has 0 spiro atoms. The van der Waals surface area contributed by atoms with Crippen LogP contribution < -0.4 is 11.1 Å². The second kappa shape index (κ2) is 7.44. The molecule has 0 aliphatic carbocycles. The van der Waals surface area contributed by atoms with Crippen LogP contribution in [0.1, 0.15) is 33.1 Å². The maximum atomic E-state index is 12.1. The fourth-order valence-corrected chi connectivity index (χ4v) is 2.57. The van der Waals surface area contributed by atoms with Crippen molar-refractivity contribution in [3.8, 4) is 0 Å². The van der Waals surface area contributed by atoms with Gasteiger partial charge in [-0.2, -0.15) is 0 Å². The van der Waals surface area contributed by atoms with Gasteiger partial charge in [0, 0.05) is 13.1 Å². The molecule has 1 fully saturated rings. The maximum absolute atomic E-state index is 12.1. The molecule has 1 saturated heterocycles. The first-order chi connectivity index (χ1) is 10.2. The van der Waals surface area contributed by atoms with Crippen LogP contribution in [0.2, 0.25) is 0 Å². The van der Waals surface area contributed by atoms with Crippen molar-refractivity contribution in [3.63, 3.8) is 0 Å². The van der Waals surface area contributed by atoms with Gasteiger partial charge in [0.2, 0.25) is 0 Å². The second-order valence-electron chi connectivity index (χ2n) is 6.27. The molecule has 1 rings (SSSR count). The summed E-state index contributed by atoms with van der Waals surface area (Å²) in [4.78, 5) is 35.8. The maximum Gasteiger partial charge on any atom is 0.317 e. The summed E-state index contributed by atoms with van der Waals surface area (Å²) < 4.78 is 0. The Morgan fingerprint density at radius 3 is 2.50 bits per heavy atom. The Kier molecular flexibility index (Phi) is 6.16. The van der Waals surface area contributed by atoms with Crippen LogP contribution >= 0.6 is 0 Å². The summed E-state index contributed by atoms with van der Waals surface area (Å²) in [6.45, 7) is 4.06. The number of nitrogens with one attached hydrogen (secondary N) is 1. The fraction of sp³-hybridized carbons (Fsp3) is 0.786. The lowest BCUT2D eigenvalue weighted by Gasteiger charge is -2.37. The Bertz CT molecular complexity index is 440. The van der Waals surface area contributed by atoms with Gasteiger partial charge >= 0.3 is 12.0 Å². The van der Waals surface area contributed by atoms with Gasteiger partial charge in [-0.25, -0.2) is 4.79 Å². The Morgan fingerprint density at radius 2 is 2.00 bits per heavy atom. The van der Waals surface area contributed by atoms with Crippen molar-refractivity contribution in [3.05, 3.63) is 0 Å². The van der Waals surface area contributed by atoms with Crippen molar-refractivity contribution in [2.24, 2.45) is 17.6 Å². The van der Waals surface area contributed by atoms with Crippen molar-refractivity contribution in [1.29, 1.82) is 0 Å². The molecule has 0 aromatic carbocycles. The van der Waals surface area contributed by atoms with Crippen molar-refractivity contribution in [2.75, 3.05) is 19.6 Å². The lowest BCUT2D eigenvalue weighted by molar-refractivity contribution is -0.142. The molecule has 0 radical (unpaired) electrons. The van der Waals surface area contributed by atoms with E-state index in [1.165, 1.54) is 4.90 Å². The zero-order valence-electron chi connectivity index (χ0n) is 13.0. The number of aliphatic hydroxyl groups is 1. The van der Waals surface area contributed by atoms with Gasteiger partial charge in [0.1, 0.15) is 0 Å². The third-order valence-electron chi connectivity index (χ3n) is 3.82. The Balaban J connectivity index is 2.57. The number of rotatable bonds is 6. The molecule has 0 aromatic rings. The van der Waals surface area contributed by atoms with Crippen LogP contribution in [0.5, 0.6) is 0 Å². The number of carboxylic acid groups (broad SMARTS) is 1. The first-order valence-corrected chi connectivity index (χ1v) is 7.43. The number of nitrogens with two attached hydrogens (primary N) is 1. The van der Waals surface area contributed by atoms with Crippen LogP contribution in [0.4, 0.5) is 4.79 Å². The summed E-state index contributed by atoms with van der Waals surface area (Å²) in [5.74, 6) is -2.27. The predicted molar refractivity (Wildman–Crippen MR) is 78.9 cm³/mol. The monoisotopic (exact) mass is 315 g/mol. The topological polar surface area (TPSA) is 133 Å². The summed E-state index contributed by atoms with van der Waals surface area (Å²) in [6, 6.07) is -0.491. The van der Waals surface area contributed by atoms with Gasteiger partial charge < -0.3 is 26.2 Å². The van der Waals surface area contributed by atoms with Gasteiger partial charge in [-0.3, -0.25) is 9.59 Å². The van der Waals surface area contributed by atoms with E-state index < -0.39 is 29.4 Å². The van der Waals surface area contributed by atoms with E-state index in [4.69, 9.17) is 10.8 Å². The number of urea groups is 1. The van der Waals surface area contributed by atoms with Crippen LogP contribution in [-0.4, -0.2) is 58.3 Å². The Labute approximate surface area is 129 Å². The number of carboxylic acids is 1. The van der Waals surface area contributed by atoms with Gasteiger partial charge in [-0.1, -0.05) is 13.8 Å². The van der Waals surface area contributed by atoms with Crippen molar-refractivity contribution in [2.45, 2.75) is 38.7 Å². The molecular formula is C14H25N3O5. The molecule has 2 unspecified atom stereocenters. The number of likely N-dealkylation sites (tertiary alicyclic amines) is 1. The molecule has 22 heavy (non-hydrogen) atoms. The van der Waals surface area contributed by atoms with Gasteiger partial charge in [0.25, 0.3) is 5.91 Å². The molecule has 0 saturated carbocycles. The summed E-state index contributed by atoms with van der Waals surface area (Å²) >= 11 is 0. The van der Waals surface area contributed by atoms with Crippen LogP contribution in [0, 0.1) is 11.8 Å². The number of primary amides is 1. The number of hydrogen-bond donors (Lipinski definition) is 4. The van der Waals surface area contributed by atoms with E-state index in [2.05, 4.69) is 5.32 Å². The van der Waals surface area contributed by atoms with Crippen LogP contribution in [0.25, 0.3) is 0 Å². The van der Waals surface area contributed by atoms with Gasteiger partial charge in [0.15, 0.2) is 5.60 Å². The van der Waals surface area contributed by atoms with E-state index >= 15 is 0 Å². The molecule has 3 amide bonds. The smallest absolute Gasteiger partial charge is 0.317 e. The van der Waals surface area contributed by atoms with E-state index in [1.807, 2.05) is 13.8 Å². The minimum Gasteiger partial charge on any atom is -0.481 e. The van der Waals surface area contributed by atoms with E-state index in [-0.39, 0.29) is 25.4 Å². The number of nitrogens with zero attached hydrogens (tertiary/aromatic N) is 1. The minimum atomic E-state index is -1.71. The average Bonchev–Trinajstić information content (AvgIpc) is 2.42. The van der Waals surface area contributed by atoms with Crippen molar-refractivity contribution < 1.29 is 24.6 Å². The molecule has 0 bridgehead atoms. The predicted octanol–water partition coefficient (Wildman–Crippen LogP) is -0.245. The van der Waals surface area contributed by atoms with Crippen LogP contribution in [0.15, 0.2) is 0 Å². The highest BCUT2D eigenvalue weighted by Crippen LogP contribution is 2.21. The molecule has 1 aliphatic heterocycles. The molecule has 2 atom stereocenters. The largest absolute Gasteiger partial charge is 0.481 e. The first-order valence-electron chi connectivity index (χ1n) is 7.43. The van der Waals surface area contributed by atoms with E-state index in [1.54, 1.807) is 0 Å². The minimum absolute atomic E-state index is 0.0118. The summed E-state index contributed by atoms with van der Waals surface area (Å²) in [5, 5.41) is 21.8. The number of carbonyl (C=O) groups excluding carboxylic acids is 2. The van der Waals surface area contributed by atoms with Gasteiger partial charge in [0.05, 0.1) is 12.5 Å². The van der Waals surface area contributed by atoms with Gasteiger partial charge in [-0.15, -0.1) is 0 Å². The third kappa shape index (κ3) is 4.87. The summed E-state index contributed by atoms with van der Waals surface area (Å²) in [5.41, 5.74) is 3.45. The first kappa shape index (κ1) is 18.2. The standard InChI is InChI=1S/C14H25N3O5/c1-9(2)6-10(11(18)19)7-16-13(21)17-5-3-4-14(22,8-17)12(15)20/h9-10,22H,3-8H2,1-2H3,(H2,15,20)(H,16,21)(H,18,19). The number of β-amino-alcohol motifs (C(OH)–C–C–N with tert-alkyl or cyclic N) is 1. The lowest BCUT2D eigenvalue weighted by atomic mass is 9.92. The second-order valence-corrected chi connectivity index (χ2v) is 6.27. The lowest BCUT2D eigenvalue weighted by Crippen LogP contribution is -2.58. The third-order valence-corrected chi connectivity index (χ3v) is 3.82. The van der Waals surface area contributed by atoms with Crippen molar-refractivity contribution >= 4 is 17.9 Å². The number of carbonyl (C=O) groups is 3. The highest BCUT2D eigenvalue weighted by atomic mass is 16.4. The zero-order valence-corrected chi connectivity index (χ0v) is 13.0. The molecule has 0 aromatic heterocycles. The highest BCUT2D eigenvalue weighted by Gasteiger charge is 2.40. The molecule has 5 N–H and O–H groups in total. The van der Waals surface area contributed by atoms with E-state index in [0.717, 1.165) is 0 Å². The number of piperidine rings is 1. The number of aliphatic carboxylic acids is 1. The number of amides is 3. The van der Waals surface area contributed by atoms with Crippen molar-refractivity contribution in [1.82, 2.24) is 10.2 Å². The van der Waals surface area contributed by atoms with Crippen LogP contribution in [-0.2, 0) is 9.59 Å². The molecule has 1 heterocycles. The fourth-order valence-electron chi connectivity index (χ4n) is 2.57. The van der Waals surface area contributed by atoms with Gasteiger partial charge in [-0.05, 0) is 25.2 Å². The van der Waals surface area contributed by atoms with E-state index in [0.29, 0.717) is 19.4 Å². The molecular weight excluding hydrogens is 290 g/mol.